The van der Waals surface area contributed by atoms with Crippen LogP contribution in [-0.4, -0.2) is 21.2 Å². The van der Waals surface area contributed by atoms with Crippen molar-refractivity contribution in [3.8, 4) is 0 Å². The molecule has 0 aromatic heterocycles. The van der Waals surface area contributed by atoms with E-state index < -0.39 is 14.1 Å². The molecule has 1 aromatic carbocycles. The van der Waals surface area contributed by atoms with Crippen molar-refractivity contribution in [3.05, 3.63) is 35.9 Å². The van der Waals surface area contributed by atoms with Gasteiger partial charge < -0.3 is 14.9 Å². The van der Waals surface area contributed by atoms with E-state index in [0.29, 0.717) is 0 Å². The Labute approximate surface area is 81.2 Å². The monoisotopic (exact) mass is 218 g/mol. The van der Waals surface area contributed by atoms with Crippen LogP contribution in [0, 0.1) is 0 Å². The van der Waals surface area contributed by atoms with Crippen molar-refractivity contribution in [2.24, 2.45) is 0 Å². The largest absolute Gasteiger partial charge is 0.471 e. The smallest absolute Gasteiger partial charge is 0.367 e. The van der Waals surface area contributed by atoms with Gasteiger partial charge in [0.15, 0.2) is 6.29 Å². The fourth-order valence-corrected chi connectivity index (χ4v) is 1.40. The molecule has 1 rings (SSSR count). The summed E-state index contributed by atoms with van der Waals surface area (Å²) in [6.45, 7) is 0. The lowest BCUT2D eigenvalue weighted by molar-refractivity contribution is -0.0348. The van der Waals surface area contributed by atoms with Gasteiger partial charge in [0.2, 0.25) is 0 Å². The van der Waals surface area contributed by atoms with Gasteiger partial charge in [-0.2, -0.15) is 0 Å². The highest BCUT2D eigenvalue weighted by atomic mass is 31.2. The minimum absolute atomic E-state index is 0.0476. The molecule has 1 atom stereocenters. The second-order valence-electron chi connectivity index (χ2n) is 2.74. The average Bonchev–Trinajstić information content (AvgIpc) is 2.02. The number of phosphoric ester groups is 1. The third-order valence-corrected chi connectivity index (χ3v) is 2.03. The van der Waals surface area contributed by atoms with Crippen LogP contribution >= 0.6 is 7.82 Å². The summed E-state index contributed by atoms with van der Waals surface area (Å²) in [6.07, 6.45) is -1.44. The van der Waals surface area contributed by atoms with Crippen LogP contribution in [0.3, 0.4) is 0 Å². The fraction of sp³-hybridized carbons (Fsp3) is 0.250. The maximum atomic E-state index is 10.3. The summed E-state index contributed by atoms with van der Waals surface area (Å²) in [5.74, 6) is 0. The molecule has 0 aliphatic heterocycles. The predicted octanol–water partition coefficient (Wildman–Crippen LogP) is 0.657. The molecule has 0 aliphatic rings. The molecule has 6 heteroatoms. The Morgan fingerprint density at radius 2 is 1.86 bits per heavy atom. The molecule has 0 saturated heterocycles. The highest BCUT2D eigenvalue weighted by Crippen LogP contribution is 2.37. The SMILES string of the molecule is O=P(O)(O)OC(O)Cc1ccccc1. The maximum Gasteiger partial charge on any atom is 0.471 e. The fourth-order valence-electron chi connectivity index (χ4n) is 1.01. The second kappa shape index (κ2) is 4.68. The van der Waals surface area contributed by atoms with Gasteiger partial charge in [0.05, 0.1) is 0 Å². The average molecular weight is 218 g/mol. The van der Waals surface area contributed by atoms with Gasteiger partial charge in [-0.1, -0.05) is 30.3 Å². The normalized spacial score (nSPS) is 13.9. The summed E-state index contributed by atoms with van der Waals surface area (Å²) in [6, 6.07) is 8.79. The number of phosphoric acid groups is 1. The quantitative estimate of drug-likeness (QED) is 0.510. The molecule has 0 aliphatic carbocycles. The van der Waals surface area contributed by atoms with Crippen molar-refractivity contribution >= 4 is 7.82 Å². The van der Waals surface area contributed by atoms with Crippen molar-refractivity contribution in [2.75, 3.05) is 0 Å². The highest BCUT2D eigenvalue weighted by molar-refractivity contribution is 7.46. The first kappa shape index (κ1) is 11.4. The molecule has 1 aromatic rings. The number of hydrogen-bond donors (Lipinski definition) is 3. The number of benzene rings is 1. The third-order valence-electron chi connectivity index (χ3n) is 1.51. The lowest BCUT2D eigenvalue weighted by atomic mass is 10.1. The van der Waals surface area contributed by atoms with E-state index in [9.17, 15) is 4.57 Å². The van der Waals surface area contributed by atoms with Gasteiger partial charge in [0.25, 0.3) is 0 Å². The van der Waals surface area contributed by atoms with E-state index in [-0.39, 0.29) is 6.42 Å². The second-order valence-corrected chi connectivity index (χ2v) is 3.93. The molecule has 0 amide bonds. The molecule has 0 fully saturated rings. The Balaban J connectivity index is 2.50. The van der Waals surface area contributed by atoms with E-state index >= 15 is 0 Å². The van der Waals surface area contributed by atoms with Gasteiger partial charge in [-0.25, -0.2) is 4.57 Å². The molecule has 5 nitrogen and oxygen atoms in total. The standard InChI is InChI=1S/C8H11O5P/c9-8(13-14(10,11)12)6-7-4-2-1-3-5-7/h1-5,8-9H,6H2,(H2,10,11,12). The summed E-state index contributed by atoms with van der Waals surface area (Å²) in [5.41, 5.74) is 0.744. The van der Waals surface area contributed by atoms with E-state index in [1.54, 1.807) is 30.3 Å². The molecule has 14 heavy (non-hydrogen) atoms. The number of aliphatic hydroxyl groups excluding tert-OH is 1. The Bertz CT molecular complexity index is 320. The summed E-state index contributed by atoms with van der Waals surface area (Å²) < 4.78 is 14.4. The molecule has 78 valence electrons. The Morgan fingerprint density at radius 3 is 2.36 bits per heavy atom. The van der Waals surface area contributed by atoms with Crippen molar-refractivity contribution in [1.82, 2.24) is 0 Å². The first-order valence-electron chi connectivity index (χ1n) is 3.93. The molecule has 0 spiro atoms. The Morgan fingerprint density at radius 1 is 1.29 bits per heavy atom. The summed E-state index contributed by atoms with van der Waals surface area (Å²) in [7, 11) is -4.61. The van der Waals surface area contributed by atoms with Crippen LogP contribution in [-0.2, 0) is 15.5 Å². The van der Waals surface area contributed by atoms with E-state index in [1.165, 1.54) is 0 Å². The zero-order chi connectivity index (χ0) is 10.6. The summed E-state index contributed by atoms with van der Waals surface area (Å²) in [5, 5.41) is 9.12. The molecule has 0 heterocycles. The Kier molecular flexibility index (Phi) is 3.80. The zero-order valence-corrected chi connectivity index (χ0v) is 8.17. The summed E-state index contributed by atoms with van der Waals surface area (Å²) >= 11 is 0. The van der Waals surface area contributed by atoms with E-state index in [1.807, 2.05) is 0 Å². The van der Waals surface area contributed by atoms with Gasteiger partial charge in [0.1, 0.15) is 0 Å². The van der Waals surface area contributed by atoms with E-state index in [0.717, 1.165) is 5.56 Å². The van der Waals surface area contributed by atoms with Crippen molar-refractivity contribution in [1.29, 1.82) is 0 Å². The minimum atomic E-state index is -4.61. The third kappa shape index (κ3) is 4.50. The van der Waals surface area contributed by atoms with Crippen LogP contribution in [0.1, 0.15) is 5.56 Å². The summed E-state index contributed by atoms with van der Waals surface area (Å²) in [4.78, 5) is 16.8. The van der Waals surface area contributed by atoms with Gasteiger partial charge >= 0.3 is 7.82 Å². The predicted molar refractivity (Wildman–Crippen MR) is 49.3 cm³/mol. The number of aliphatic hydroxyl groups is 1. The van der Waals surface area contributed by atoms with Crippen LogP contribution in [0.15, 0.2) is 30.3 Å². The van der Waals surface area contributed by atoms with Crippen molar-refractivity contribution < 1.29 is 24.0 Å². The first-order chi connectivity index (χ1) is 6.47. The van der Waals surface area contributed by atoms with Gasteiger partial charge in [-0.05, 0) is 5.56 Å². The maximum absolute atomic E-state index is 10.3. The first-order valence-corrected chi connectivity index (χ1v) is 5.46. The van der Waals surface area contributed by atoms with Crippen LogP contribution in [0.25, 0.3) is 0 Å². The molecule has 1 unspecified atom stereocenters. The molecule has 0 saturated carbocycles. The molecule has 0 radical (unpaired) electrons. The van der Waals surface area contributed by atoms with Crippen LogP contribution in [0.4, 0.5) is 0 Å². The highest BCUT2D eigenvalue weighted by Gasteiger charge is 2.20. The minimum Gasteiger partial charge on any atom is -0.367 e. The van der Waals surface area contributed by atoms with Crippen molar-refractivity contribution in [2.45, 2.75) is 12.7 Å². The van der Waals surface area contributed by atoms with Crippen LogP contribution in [0.2, 0.25) is 0 Å². The van der Waals surface area contributed by atoms with Gasteiger partial charge in [-0.15, -0.1) is 0 Å². The topological polar surface area (TPSA) is 87.0 Å². The lowest BCUT2D eigenvalue weighted by Crippen LogP contribution is -2.13. The Hall–Kier alpha value is -0.710. The lowest BCUT2D eigenvalue weighted by Gasteiger charge is -2.11. The van der Waals surface area contributed by atoms with Gasteiger partial charge in [0, 0.05) is 6.42 Å². The van der Waals surface area contributed by atoms with Crippen molar-refractivity contribution in [3.63, 3.8) is 0 Å². The van der Waals surface area contributed by atoms with E-state index in [4.69, 9.17) is 14.9 Å². The molecule has 0 bridgehead atoms. The molecular formula is C8H11O5P. The van der Waals surface area contributed by atoms with Crippen LogP contribution < -0.4 is 0 Å². The molecule has 3 N–H and O–H groups in total. The number of hydrogen-bond acceptors (Lipinski definition) is 3. The van der Waals surface area contributed by atoms with Crippen LogP contribution in [0.5, 0.6) is 0 Å². The van der Waals surface area contributed by atoms with E-state index in [2.05, 4.69) is 4.52 Å². The number of rotatable bonds is 4. The molecular weight excluding hydrogens is 207 g/mol. The van der Waals surface area contributed by atoms with Gasteiger partial charge in [-0.3, -0.25) is 4.52 Å². The zero-order valence-electron chi connectivity index (χ0n) is 7.28.